The van der Waals surface area contributed by atoms with Crippen LogP contribution in [0, 0.1) is 0 Å². The van der Waals surface area contributed by atoms with E-state index in [-0.39, 0.29) is 0 Å². The molecule has 1 heterocycles. The standard InChI is InChI=1S/C29H27O4P/c1-3-31-34(30,32-4-2)25-17-15-24(16-18-25)29(23-11-6-5-7-12-23)21-20-27-26-13-9-8-10-22(26)14-19-28(27)33-29/h5-21H,3-4H2,1-2H3. The summed E-state index contributed by atoms with van der Waals surface area (Å²) >= 11 is 0. The topological polar surface area (TPSA) is 44.8 Å². The van der Waals surface area contributed by atoms with Gasteiger partial charge < -0.3 is 13.8 Å². The Labute approximate surface area is 200 Å². The van der Waals surface area contributed by atoms with Crippen LogP contribution >= 0.6 is 7.60 Å². The Morgan fingerprint density at radius 3 is 2.12 bits per heavy atom. The molecular weight excluding hydrogens is 443 g/mol. The van der Waals surface area contributed by atoms with Crippen LogP contribution in [0.1, 0.15) is 30.5 Å². The second-order valence-electron chi connectivity index (χ2n) is 8.12. The number of hydrogen-bond donors (Lipinski definition) is 0. The van der Waals surface area contributed by atoms with Gasteiger partial charge in [0.15, 0.2) is 5.60 Å². The minimum absolute atomic E-state index is 0.309. The molecule has 1 aliphatic heterocycles. The molecule has 1 aliphatic rings. The van der Waals surface area contributed by atoms with Crippen molar-refractivity contribution in [3.8, 4) is 5.75 Å². The smallest absolute Gasteiger partial charge is 0.361 e. The molecule has 0 spiro atoms. The van der Waals surface area contributed by atoms with Crippen LogP contribution in [0.5, 0.6) is 5.75 Å². The maximum atomic E-state index is 13.3. The van der Waals surface area contributed by atoms with E-state index in [1.165, 1.54) is 5.39 Å². The van der Waals surface area contributed by atoms with Gasteiger partial charge in [0.2, 0.25) is 0 Å². The van der Waals surface area contributed by atoms with Gasteiger partial charge in [0.25, 0.3) is 0 Å². The molecule has 34 heavy (non-hydrogen) atoms. The van der Waals surface area contributed by atoms with E-state index in [1.807, 2.05) is 74.5 Å². The van der Waals surface area contributed by atoms with Gasteiger partial charge in [-0.2, -0.15) is 0 Å². The van der Waals surface area contributed by atoms with E-state index < -0.39 is 13.2 Å². The summed E-state index contributed by atoms with van der Waals surface area (Å²) in [5, 5.41) is 2.87. The highest BCUT2D eigenvalue weighted by molar-refractivity contribution is 7.62. The van der Waals surface area contributed by atoms with Crippen LogP contribution in [0.2, 0.25) is 0 Å². The summed E-state index contributed by atoms with van der Waals surface area (Å²) in [6.45, 7) is 4.24. The molecular formula is C29H27O4P. The molecule has 0 N–H and O–H groups in total. The van der Waals surface area contributed by atoms with Gasteiger partial charge in [-0.3, -0.25) is 4.57 Å². The molecule has 172 valence electrons. The van der Waals surface area contributed by atoms with E-state index in [9.17, 15) is 4.57 Å². The predicted molar refractivity (Wildman–Crippen MR) is 138 cm³/mol. The van der Waals surface area contributed by atoms with E-state index in [0.29, 0.717) is 18.5 Å². The van der Waals surface area contributed by atoms with Crippen LogP contribution in [0.4, 0.5) is 0 Å². The van der Waals surface area contributed by atoms with Crippen LogP contribution in [-0.4, -0.2) is 13.2 Å². The SMILES string of the molecule is CCOP(=O)(OCC)c1ccc(C2(c3ccccc3)C=Cc3c(ccc4ccccc34)O2)cc1. The Hall–Kier alpha value is -3.17. The summed E-state index contributed by atoms with van der Waals surface area (Å²) in [6, 6.07) is 30.1. The number of benzene rings is 4. The average molecular weight is 471 g/mol. The van der Waals surface area contributed by atoms with Crippen molar-refractivity contribution in [1.29, 1.82) is 0 Å². The van der Waals surface area contributed by atoms with Crippen molar-refractivity contribution in [2.24, 2.45) is 0 Å². The van der Waals surface area contributed by atoms with E-state index >= 15 is 0 Å². The fourth-order valence-electron chi connectivity index (χ4n) is 4.53. The van der Waals surface area contributed by atoms with Crippen LogP contribution in [0.3, 0.4) is 0 Å². The summed E-state index contributed by atoms with van der Waals surface area (Å²) in [7, 11) is -3.37. The fourth-order valence-corrected chi connectivity index (χ4v) is 6.09. The number of hydrogen-bond acceptors (Lipinski definition) is 4. The molecule has 0 aromatic heterocycles. The monoisotopic (exact) mass is 470 g/mol. The highest BCUT2D eigenvalue weighted by atomic mass is 31.2. The molecule has 4 aromatic rings. The molecule has 1 atom stereocenters. The minimum Gasteiger partial charge on any atom is -0.473 e. The molecule has 0 saturated carbocycles. The molecule has 0 bridgehead atoms. The number of fused-ring (bicyclic) bond motifs is 3. The van der Waals surface area contributed by atoms with Crippen LogP contribution in [-0.2, 0) is 19.2 Å². The fraction of sp³-hybridized carbons (Fsp3) is 0.172. The molecule has 4 aromatic carbocycles. The normalized spacial score (nSPS) is 17.4. The zero-order valence-corrected chi connectivity index (χ0v) is 20.2. The van der Waals surface area contributed by atoms with Crippen molar-refractivity contribution in [3.63, 3.8) is 0 Å². The van der Waals surface area contributed by atoms with Crippen LogP contribution in [0.25, 0.3) is 16.8 Å². The van der Waals surface area contributed by atoms with Gasteiger partial charge in [0, 0.05) is 16.7 Å². The largest absolute Gasteiger partial charge is 0.473 e. The first-order valence-electron chi connectivity index (χ1n) is 11.6. The quantitative estimate of drug-likeness (QED) is 0.271. The van der Waals surface area contributed by atoms with Crippen molar-refractivity contribution >= 4 is 29.7 Å². The van der Waals surface area contributed by atoms with Crippen molar-refractivity contribution < 1.29 is 18.3 Å². The van der Waals surface area contributed by atoms with Gasteiger partial charge in [-0.15, -0.1) is 0 Å². The lowest BCUT2D eigenvalue weighted by atomic mass is 9.83. The Bertz CT molecular complexity index is 1370. The second kappa shape index (κ2) is 9.23. The summed E-state index contributed by atoms with van der Waals surface area (Å²) in [4.78, 5) is 0. The lowest BCUT2D eigenvalue weighted by Gasteiger charge is -2.36. The Kier molecular flexibility index (Phi) is 6.14. The molecule has 1 unspecified atom stereocenters. The van der Waals surface area contributed by atoms with Gasteiger partial charge in [-0.05, 0) is 55.0 Å². The lowest BCUT2D eigenvalue weighted by molar-refractivity contribution is 0.161. The van der Waals surface area contributed by atoms with Crippen molar-refractivity contribution in [3.05, 3.63) is 114 Å². The summed E-state index contributed by atoms with van der Waals surface area (Å²) in [5.41, 5.74) is 2.18. The first kappa shape index (κ1) is 22.6. The molecule has 0 saturated heterocycles. The first-order valence-corrected chi connectivity index (χ1v) is 13.1. The van der Waals surface area contributed by atoms with Crippen molar-refractivity contribution in [1.82, 2.24) is 0 Å². The zero-order valence-electron chi connectivity index (χ0n) is 19.3. The van der Waals surface area contributed by atoms with Crippen molar-refractivity contribution in [2.75, 3.05) is 13.2 Å². The van der Waals surface area contributed by atoms with Crippen molar-refractivity contribution in [2.45, 2.75) is 19.4 Å². The van der Waals surface area contributed by atoms with E-state index in [1.54, 1.807) is 0 Å². The maximum absolute atomic E-state index is 13.3. The average Bonchev–Trinajstić information content (AvgIpc) is 2.89. The maximum Gasteiger partial charge on any atom is 0.361 e. The molecule has 5 rings (SSSR count). The third-order valence-corrected chi connectivity index (χ3v) is 8.23. The molecule has 4 nitrogen and oxygen atoms in total. The summed E-state index contributed by atoms with van der Waals surface area (Å²) in [6.07, 6.45) is 4.25. The first-order chi connectivity index (χ1) is 16.6. The predicted octanol–water partition coefficient (Wildman–Crippen LogP) is 7.08. The lowest BCUT2D eigenvalue weighted by Crippen LogP contribution is -2.34. The van der Waals surface area contributed by atoms with Crippen LogP contribution < -0.4 is 10.0 Å². The third-order valence-electron chi connectivity index (χ3n) is 6.10. The van der Waals surface area contributed by atoms with Gasteiger partial charge in [0.1, 0.15) is 5.75 Å². The Morgan fingerprint density at radius 2 is 1.41 bits per heavy atom. The highest BCUT2D eigenvalue weighted by Crippen LogP contribution is 2.48. The summed E-state index contributed by atoms with van der Waals surface area (Å²) < 4.78 is 31.1. The molecule has 5 heteroatoms. The van der Waals surface area contributed by atoms with Gasteiger partial charge in [-0.1, -0.05) is 72.8 Å². The molecule has 0 aliphatic carbocycles. The third kappa shape index (κ3) is 3.88. The van der Waals surface area contributed by atoms with Gasteiger partial charge >= 0.3 is 7.60 Å². The van der Waals surface area contributed by atoms with Gasteiger partial charge in [0.05, 0.1) is 18.5 Å². The zero-order chi connectivity index (χ0) is 23.6. The van der Waals surface area contributed by atoms with Gasteiger partial charge in [-0.25, -0.2) is 0 Å². The highest BCUT2D eigenvalue weighted by Gasteiger charge is 2.38. The Morgan fingerprint density at radius 1 is 0.765 bits per heavy atom. The van der Waals surface area contributed by atoms with E-state index in [2.05, 4.69) is 42.5 Å². The van der Waals surface area contributed by atoms with E-state index in [0.717, 1.165) is 27.8 Å². The molecule has 0 radical (unpaired) electrons. The van der Waals surface area contributed by atoms with E-state index in [4.69, 9.17) is 13.8 Å². The number of ether oxygens (including phenoxy) is 1. The second-order valence-corrected chi connectivity index (χ2v) is 10.1. The summed E-state index contributed by atoms with van der Waals surface area (Å²) in [5.74, 6) is 0.823. The van der Waals surface area contributed by atoms with Crippen LogP contribution in [0.15, 0.2) is 97.1 Å². The Balaban J connectivity index is 1.62. The molecule has 0 fully saturated rings. The minimum atomic E-state index is -3.37. The molecule has 0 amide bonds. The number of rotatable bonds is 7.